The second-order valence-corrected chi connectivity index (χ2v) is 7.31. The zero-order chi connectivity index (χ0) is 23.0. The van der Waals surface area contributed by atoms with Crippen LogP contribution in [0.25, 0.3) is 11.1 Å². The van der Waals surface area contributed by atoms with Crippen LogP contribution in [-0.4, -0.2) is 22.1 Å². The van der Waals surface area contributed by atoms with Crippen molar-refractivity contribution in [2.45, 2.75) is 40.2 Å². The zero-order valence-corrected chi connectivity index (χ0v) is 19.5. The molecule has 0 aliphatic heterocycles. The highest BCUT2D eigenvalue weighted by Crippen LogP contribution is 2.37. The van der Waals surface area contributed by atoms with Gasteiger partial charge in [-0.25, -0.2) is 4.68 Å². The molecule has 2 N–H and O–H groups in total. The zero-order valence-electron chi connectivity index (χ0n) is 17.9. The Morgan fingerprint density at radius 3 is 2.35 bits per heavy atom. The molecule has 0 aliphatic carbocycles. The average molecular weight is 461 g/mol. The van der Waals surface area contributed by atoms with Gasteiger partial charge in [0.25, 0.3) is 0 Å². The van der Waals surface area contributed by atoms with Gasteiger partial charge in [-0.15, -0.1) is 0 Å². The van der Waals surface area contributed by atoms with Crippen molar-refractivity contribution in [3.63, 3.8) is 0 Å². The lowest BCUT2D eigenvalue weighted by molar-refractivity contribution is -0.116. The van der Waals surface area contributed by atoms with Gasteiger partial charge in [-0.2, -0.15) is 5.10 Å². The molecule has 2 amide bonds. The first-order valence-electron chi connectivity index (χ1n) is 10.1. The molecule has 0 fully saturated rings. The van der Waals surface area contributed by atoms with Crippen LogP contribution in [0.15, 0.2) is 48.7 Å². The molecule has 8 heteroatoms. The summed E-state index contributed by atoms with van der Waals surface area (Å²) in [5, 5.41) is 11.3. The molecular weight excluding hydrogens is 435 g/mol. The van der Waals surface area contributed by atoms with Crippen molar-refractivity contribution in [3.05, 3.63) is 64.3 Å². The van der Waals surface area contributed by atoms with E-state index in [2.05, 4.69) is 15.7 Å². The van der Waals surface area contributed by atoms with Gasteiger partial charge in [0.1, 0.15) is 5.82 Å². The molecule has 0 saturated carbocycles. The van der Waals surface area contributed by atoms with Crippen molar-refractivity contribution < 1.29 is 9.59 Å². The van der Waals surface area contributed by atoms with E-state index in [-0.39, 0.29) is 11.9 Å². The van der Waals surface area contributed by atoms with Gasteiger partial charge < -0.3 is 10.6 Å². The normalized spacial score (nSPS) is 11.2. The molecule has 2 aromatic carbocycles. The molecule has 3 rings (SSSR count). The Labute approximate surface area is 192 Å². The van der Waals surface area contributed by atoms with E-state index in [0.717, 1.165) is 5.56 Å². The third kappa shape index (κ3) is 5.87. The van der Waals surface area contributed by atoms with Gasteiger partial charge in [-0.1, -0.05) is 56.1 Å². The lowest BCUT2D eigenvalue weighted by Crippen LogP contribution is -2.18. The second kappa shape index (κ2) is 11.5. The molecule has 0 aliphatic rings. The van der Waals surface area contributed by atoms with Crippen LogP contribution in [-0.2, 0) is 9.59 Å². The summed E-state index contributed by atoms with van der Waals surface area (Å²) in [5.74, 6) is 0.374. The number of rotatable bonds is 7. The molecule has 31 heavy (non-hydrogen) atoms. The smallest absolute Gasteiger partial charge is 0.225 e. The van der Waals surface area contributed by atoms with E-state index in [1.54, 1.807) is 36.0 Å². The number of halogens is 2. The minimum Gasteiger partial charge on any atom is -0.328 e. The maximum Gasteiger partial charge on any atom is 0.225 e. The quantitative estimate of drug-likeness (QED) is 0.399. The fraction of sp³-hybridized carbons (Fsp3) is 0.261. The Balaban J connectivity index is 0.00000166. The topological polar surface area (TPSA) is 76.0 Å². The largest absolute Gasteiger partial charge is 0.328 e. The Kier molecular flexibility index (Phi) is 9.09. The highest BCUT2D eigenvalue weighted by Gasteiger charge is 2.21. The first-order valence-corrected chi connectivity index (χ1v) is 10.8. The number of aromatic nitrogens is 2. The molecule has 0 bridgehead atoms. The van der Waals surface area contributed by atoms with Crippen LogP contribution < -0.4 is 10.6 Å². The van der Waals surface area contributed by atoms with Gasteiger partial charge in [0.15, 0.2) is 0 Å². The van der Waals surface area contributed by atoms with Gasteiger partial charge in [0.2, 0.25) is 12.3 Å². The summed E-state index contributed by atoms with van der Waals surface area (Å²) >= 11 is 12.2. The van der Waals surface area contributed by atoms with Gasteiger partial charge in [0, 0.05) is 33.3 Å². The molecule has 1 unspecified atom stereocenters. The third-order valence-corrected chi connectivity index (χ3v) is 5.07. The van der Waals surface area contributed by atoms with Crippen molar-refractivity contribution in [1.29, 1.82) is 0 Å². The van der Waals surface area contributed by atoms with Crippen LogP contribution in [0.5, 0.6) is 0 Å². The number of nitrogens with zero attached hydrogens (tertiary/aromatic N) is 2. The van der Waals surface area contributed by atoms with E-state index in [9.17, 15) is 9.59 Å². The predicted octanol–water partition coefficient (Wildman–Crippen LogP) is 6.41. The first-order chi connectivity index (χ1) is 14.9. The SMILES string of the molecule is CC.CCC(=O)Nc1c(-c2cc(Cl)ccc2NC=O)cnn1C(C)c1ccc(Cl)cc1. The van der Waals surface area contributed by atoms with Crippen LogP contribution in [0, 0.1) is 0 Å². The molecule has 0 radical (unpaired) electrons. The Bertz CT molecular complexity index is 1030. The van der Waals surface area contributed by atoms with Crippen LogP contribution in [0.3, 0.4) is 0 Å². The van der Waals surface area contributed by atoms with E-state index >= 15 is 0 Å². The molecule has 6 nitrogen and oxygen atoms in total. The highest BCUT2D eigenvalue weighted by atomic mass is 35.5. The number of amides is 2. The lowest BCUT2D eigenvalue weighted by atomic mass is 10.1. The standard InChI is InChI=1S/C21H20Cl2N4O2.C2H6/c1-3-20(29)26-21-18(17-10-16(23)8-9-19(17)24-12-28)11-25-27(21)13(2)14-4-6-15(22)7-5-14;1-2/h4-13H,3H2,1-2H3,(H,24,28)(H,26,29);1-2H3. The summed E-state index contributed by atoms with van der Waals surface area (Å²) in [7, 11) is 0. The van der Waals surface area contributed by atoms with E-state index in [0.29, 0.717) is 45.5 Å². The Hall–Kier alpha value is -2.83. The average Bonchev–Trinajstić information content (AvgIpc) is 3.19. The maximum atomic E-state index is 12.2. The fourth-order valence-electron chi connectivity index (χ4n) is 3.01. The van der Waals surface area contributed by atoms with E-state index in [1.807, 2.05) is 45.0 Å². The number of nitrogens with one attached hydrogen (secondary N) is 2. The summed E-state index contributed by atoms with van der Waals surface area (Å²) in [6.07, 6.45) is 2.56. The summed E-state index contributed by atoms with van der Waals surface area (Å²) in [4.78, 5) is 23.3. The van der Waals surface area contributed by atoms with Crippen molar-refractivity contribution in [2.75, 3.05) is 10.6 Å². The molecule has 3 aromatic rings. The van der Waals surface area contributed by atoms with Crippen LogP contribution in [0.1, 0.15) is 45.7 Å². The molecule has 1 atom stereocenters. The summed E-state index contributed by atoms with van der Waals surface area (Å²) in [6.45, 7) is 7.75. The molecule has 164 valence electrons. The number of carbonyl (C=O) groups is 2. The van der Waals surface area contributed by atoms with E-state index < -0.39 is 0 Å². The van der Waals surface area contributed by atoms with Gasteiger partial charge in [-0.3, -0.25) is 9.59 Å². The van der Waals surface area contributed by atoms with Crippen LogP contribution in [0.2, 0.25) is 10.0 Å². The maximum absolute atomic E-state index is 12.2. The summed E-state index contributed by atoms with van der Waals surface area (Å²) in [6, 6.07) is 12.4. The van der Waals surface area contributed by atoms with E-state index in [1.165, 1.54) is 0 Å². The molecule has 1 heterocycles. The minimum absolute atomic E-state index is 0.150. The second-order valence-electron chi connectivity index (χ2n) is 6.43. The number of anilines is 2. The molecular formula is C23H26Cl2N4O2. The molecule has 0 saturated heterocycles. The van der Waals surface area contributed by atoms with Gasteiger partial charge in [-0.05, 0) is 42.8 Å². The lowest BCUT2D eigenvalue weighted by Gasteiger charge is -2.18. The van der Waals surface area contributed by atoms with Crippen molar-refractivity contribution in [1.82, 2.24) is 9.78 Å². The highest BCUT2D eigenvalue weighted by molar-refractivity contribution is 6.31. The number of benzene rings is 2. The molecule has 0 spiro atoms. The van der Waals surface area contributed by atoms with Gasteiger partial charge in [0.05, 0.1) is 12.2 Å². The number of hydrogen-bond donors (Lipinski definition) is 2. The first kappa shape index (κ1) is 24.4. The number of hydrogen-bond acceptors (Lipinski definition) is 3. The van der Waals surface area contributed by atoms with Crippen molar-refractivity contribution in [3.8, 4) is 11.1 Å². The third-order valence-electron chi connectivity index (χ3n) is 4.58. The molecule has 1 aromatic heterocycles. The Morgan fingerprint density at radius 1 is 1.10 bits per heavy atom. The van der Waals surface area contributed by atoms with Crippen LogP contribution >= 0.6 is 23.2 Å². The number of carbonyl (C=O) groups excluding carboxylic acids is 2. The fourth-order valence-corrected chi connectivity index (χ4v) is 3.31. The summed E-state index contributed by atoms with van der Waals surface area (Å²) in [5.41, 5.74) is 2.86. The van der Waals surface area contributed by atoms with E-state index in [4.69, 9.17) is 23.2 Å². The van der Waals surface area contributed by atoms with Gasteiger partial charge >= 0.3 is 0 Å². The minimum atomic E-state index is -0.171. The van der Waals surface area contributed by atoms with Crippen molar-refractivity contribution >= 4 is 47.0 Å². The monoisotopic (exact) mass is 460 g/mol. The predicted molar refractivity (Wildman–Crippen MR) is 128 cm³/mol. The Morgan fingerprint density at radius 2 is 1.74 bits per heavy atom. The van der Waals surface area contributed by atoms with Crippen molar-refractivity contribution in [2.24, 2.45) is 0 Å². The van der Waals surface area contributed by atoms with Crippen LogP contribution in [0.4, 0.5) is 11.5 Å². The summed E-state index contributed by atoms with van der Waals surface area (Å²) < 4.78 is 1.73.